The summed E-state index contributed by atoms with van der Waals surface area (Å²) in [5.41, 5.74) is 5.25. The number of aliphatic hydroxyl groups is 1. The molecule has 0 unspecified atom stereocenters. The van der Waals surface area contributed by atoms with Gasteiger partial charge in [-0.3, -0.25) is 0 Å². The van der Waals surface area contributed by atoms with Crippen LogP contribution in [-0.4, -0.2) is 17.2 Å². The van der Waals surface area contributed by atoms with E-state index >= 15 is 0 Å². The van der Waals surface area contributed by atoms with Gasteiger partial charge in [0.2, 0.25) is 0 Å². The summed E-state index contributed by atoms with van der Waals surface area (Å²) < 4.78 is 0. The van der Waals surface area contributed by atoms with E-state index in [-0.39, 0.29) is 0 Å². The zero-order valence-electron chi connectivity index (χ0n) is 11.3. The molecule has 0 aromatic heterocycles. The van der Waals surface area contributed by atoms with Crippen LogP contribution in [0.15, 0.2) is 60.7 Å². The molecule has 0 spiro atoms. The van der Waals surface area contributed by atoms with Crippen molar-refractivity contribution in [3.05, 3.63) is 71.8 Å². The molecular weight excluding hydrogens is 252 g/mol. The lowest BCUT2D eigenvalue weighted by Crippen LogP contribution is -2.51. The second-order valence-electron chi connectivity index (χ2n) is 4.73. The molecule has 4 N–H and O–H groups in total. The molecule has 0 saturated heterocycles. The first-order valence-electron chi connectivity index (χ1n) is 6.44. The zero-order valence-corrected chi connectivity index (χ0v) is 11.3. The van der Waals surface area contributed by atoms with Gasteiger partial charge in [0.15, 0.2) is 0 Å². The summed E-state index contributed by atoms with van der Waals surface area (Å²) in [5, 5.41) is 13.8. The van der Waals surface area contributed by atoms with Crippen molar-refractivity contribution in [2.45, 2.75) is 18.6 Å². The number of nitrogens with two attached hydrogens (primary N) is 1. The van der Waals surface area contributed by atoms with Crippen molar-refractivity contribution in [2.24, 2.45) is 5.73 Å². The van der Waals surface area contributed by atoms with E-state index in [1.807, 2.05) is 60.7 Å². The number of hydrogen-bond donors (Lipinski definition) is 3. The first-order valence-corrected chi connectivity index (χ1v) is 6.44. The number of urea groups is 1. The molecule has 0 heterocycles. The molecule has 0 radical (unpaired) electrons. The Morgan fingerprint density at radius 1 is 1.05 bits per heavy atom. The van der Waals surface area contributed by atoms with Gasteiger partial charge in [0, 0.05) is 0 Å². The van der Waals surface area contributed by atoms with Gasteiger partial charge in [-0.2, -0.15) is 0 Å². The number of rotatable bonds is 4. The summed E-state index contributed by atoms with van der Waals surface area (Å²) in [6, 6.07) is 17.2. The van der Waals surface area contributed by atoms with Crippen molar-refractivity contribution < 1.29 is 9.90 Å². The van der Waals surface area contributed by atoms with Gasteiger partial charge in [0.05, 0.1) is 6.04 Å². The van der Waals surface area contributed by atoms with Crippen molar-refractivity contribution in [3.63, 3.8) is 0 Å². The predicted molar refractivity (Wildman–Crippen MR) is 78.1 cm³/mol. The number of hydrogen-bond acceptors (Lipinski definition) is 2. The zero-order chi connectivity index (χ0) is 14.6. The molecule has 0 bridgehead atoms. The van der Waals surface area contributed by atoms with E-state index in [2.05, 4.69) is 5.32 Å². The summed E-state index contributed by atoms with van der Waals surface area (Å²) in [4.78, 5) is 11.1. The summed E-state index contributed by atoms with van der Waals surface area (Å²) in [6.45, 7) is 1.73. The lowest BCUT2D eigenvalue weighted by Gasteiger charge is -2.35. The largest absolute Gasteiger partial charge is 0.378 e. The molecule has 2 amide bonds. The molecule has 0 aliphatic heterocycles. The predicted octanol–water partition coefficient (Wildman–Crippen LogP) is 1.98. The monoisotopic (exact) mass is 270 g/mol. The van der Waals surface area contributed by atoms with Gasteiger partial charge in [0.25, 0.3) is 0 Å². The summed E-state index contributed by atoms with van der Waals surface area (Å²) >= 11 is 0. The highest BCUT2D eigenvalue weighted by molar-refractivity contribution is 5.72. The molecule has 2 aromatic rings. The first-order chi connectivity index (χ1) is 9.55. The van der Waals surface area contributed by atoms with Crippen molar-refractivity contribution >= 4 is 6.03 Å². The molecule has 1 atom stereocenters. The average molecular weight is 270 g/mol. The fourth-order valence-electron chi connectivity index (χ4n) is 2.37. The Morgan fingerprint density at radius 3 is 1.80 bits per heavy atom. The lowest BCUT2D eigenvalue weighted by atomic mass is 9.81. The molecule has 4 heteroatoms. The van der Waals surface area contributed by atoms with E-state index in [1.54, 1.807) is 6.92 Å². The number of carbonyl (C=O) groups excluding carboxylic acids is 1. The van der Waals surface area contributed by atoms with Gasteiger partial charge >= 0.3 is 6.03 Å². The van der Waals surface area contributed by atoms with E-state index in [4.69, 9.17) is 5.73 Å². The van der Waals surface area contributed by atoms with Crippen molar-refractivity contribution in [3.8, 4) is 0 Å². The van der Waals surface area contributed by atoms with E-state index in [0.717, 1.165) is 0 Å². The summed E-state index contributed by atoms with van der Waals surface area (Å²) in [5.74, 6) is 0. The SMILES string of the molecule is C[C@H](NC(N)=O)C(O)(c1ccccc1)c1ccccc1. The molecular formula is C16H18N2O2. The van der Waals surface area contributed by atoms with Gasteiger partial charge in [-0.25, -0.2) is 4.79 Å². The Balaban J connectivity index is 2.52. The van der Waals surface area contributed by atoms with Crippen molar-refractivity contribution in [2.75, 3.05) is 0 Å². The molecule has 0 fully saturated rings. The maximum absolute atomic E-state index is 11.2. The molecule has 0 aliphatic rings. The smallest absolute Gasteiger partial charge is 0.312 e. The molecule has 2 aromatic carbocycles. The van der Waals surface area contributed by atoms with E-state index in [1.165, 1.54) is 0 Å². The quantitative estimate of drug-likeness (QED) is 0.794. The van der Waals surface area contributed by atoms with Gasteiger partial charge in [-0.1, -0.05) is 60.7 Å². The van der Waals surface area contributed by atoms with Gasteiger partial charge < -0.3 is 16.2 Å². The van der Waals surface area contributed by atoms with Crippen LogP contribution in [0.4, 0.5) is 4.79 Å². The Kier molecular flexibility index (Phi) is 4.05. The highest BCUT2D eigenvalue weighted by Gasteiger charge is 2.38. The fourth-order valence-corrected chi connectivity index (χ4v) is 2.37. The summed E-state index contributed by atoms with van der Waals surface area (Å²) in [7, 11) is 0. The molecule has 0 aliphatic carbocycles. The second-order valence-corrected chi connectivity index (χ2v) is 4.73. The minimum atomic E-state index is -1.34. The normalized spacial score (nSPS) is 12.7. The minimum absolute atomic E-state index is 0.565. The third-order valence-electron chi connectivity index (χ3n) is 3.41. The van der Waals surface area contributed by atoms with Crippen LogP contribution in [0.1, 0.15) is 18.1 Å². The third kappa shape index (κ3) is 2.65. The number of benzene rings is 2. The van der Waals surface area contributed by atoms with Crippen LogP contribution in [-0.2, 0) is 5.60 Å². The topological polar surface area (TPSA) is 75.3 Å². The van der Waals surface area contributed by atoms with Gasteiger partial charge in [0.1, 0.15) is 5.60 Å². The molecule has 20 heavy (non-hydrogen) atoms. The Morgan fingerprint density at radius 2 is 1.45 bits per heavy atom. The minimum Gasteiger partial charge on any atom is -0.378 e. The highest BCUT2D eigenvalue weighted by atomic mass is 16.3. The lowest BCUT2D eigenvalue weighted by molar-refractivity contribution is 0.0478. The van der Waals surface area contributed by atoms with Crippen LogP contribution in [0.2, 0.25) is 0 Å². The molecule has 4 nitrogen and oxygen atoms in total. The van der Waals surface area contributed by atoms with Crippen LogP contribution >= 0.6 is 0 Å². The van der Waals surface area contributed by atoms with E-state index in [0.29, 0.717) is 11.1 Å². The van der Waals surface area contributed by atoms with Crippen LogP contribution < -0.4 is 11.1 Å². The van der Waals surface area contributed by atoms with E-state index < -0.39 is 17.7 Å². The summed E-state index contributed by atoms with van der Waals surface area (Å²) in [6.07, 6.45) is 0. The first kappa shape index (κ1) is 14.1. The maximum atomic E-state index is 11.2. The van der Waals surface area contributed by atoms with Crippen molar-refractivity contribution in [1.82, 2.24) is 5.32 Å². The Hall–Kier alpha value is -2.33. The Labute approximate surface area is 118 Å². The van der Waals surface area contributed by atoms with Gasteiger partial charge in [-0.15, -0.1) is 0 Å². The highest BCUT2D eigenvalue weighted by Crippen LogP contribution is 2.32. The van der Waals surface area contributed by atoms with Crippen LogP contribution in [0.5, 0.6) is 0 Å². The molecule has 0 saturated carbocycles. The fraction of sp³-hybridized carbons (Fsp3) is 0.188. The second kappa shape index (κ2) is 5.75. The standard InChI is InChI=1S/C16H18N2O2/c1-12(18-15(17)19)16(20,13-8-4-2-5-9-13)14-10-6-3-7-11-14/h2-12,20H,1H3,(H3,17,18,19)/t12-/m0/s1. The number of primary amides is 1. The van der Waals surface area contributed by atoms with Crippen LogP contribution in [0.3, 0.4) is 0 Å². The average Bonchev–Trinajstić information content (AvgIpc) is 2.47. The van der Waals surface area contributed by atoms with Crippen LogP contribution in [0.25, 0.3) is 0 Å². The number of nitrogens with one attached hydrogen (secondary N) is 1. The maximum Gasteiger partial charge on any atom is 0.312 e. The van der Waals surface area contributed by atoms with Crippen LogP contribution in [0, 0.1) is 0 Å². The van der Waals surface area contributed by atoms with Crippen molar-refractivity contribution in [1.29, 1.82) is 0 Å². The number of carbonyl (C=O) groups is 1. The van der Waals surface area contributed by atoms with Gasteiger partial charge in [-0.05, 0) is 18.1 Å². The molecule has 2 rings (SSSR count). The van der Waals surface area contributed by atoms with E-state index in [9.17, 15) is 9.90 Å². The number of amides is 2. The third-order valence-corrected chi connectivity index (χ3v) is 3.41. The Bertz CT molecular complexity index is 530. The molecule has 104 valence electrons.